The zero-order chi connectivity index (χ0) is 21.0. The molecule has 0 amide bonds. The van der Waals surface area contributed by atoms with Crippen molar-refractivity contribution in [1.82, 2.24) is 4.90 Å². The number of nitrogens with zero attached hydrogens (tertiary/aromatic N) is 1. The zero-order valence-electron chi connectivity index (χ0n) is 16.8. The summed E-state index contributed by atoms with van der Waals surface area (Å²) in [7, 11) is -1.41. The van der Waals surface area contributed by atoms with Crippen molar-refractivity contribution in [2.75, 3.05) is 19.8 Å². The van der Waals surface area contributed by atoms with Gasteiger partial charge in [0, 0.05) is 25.8 Å². The zero-order valence-corrected chi connectivity index (χ0v) is 17.6. The first-order valence-corrected chi connectivity index (χ1v) is 11.3. The number of rotatable bonds is 6. The van der Waals surface area contributed by atoms with Crippen LogP contribution in [0.25, 0.3) is 0 Å². The first-order chi connectivity index (χ1) is 13.8. The molecule has 0 saturated heterocycles. The lowest BCUT2D eigenvalue weighted by Gasteiger charge is -2.24. The minimum absolute atomic E-state index is 0.151. The first-order valence-electron chi connectivity index (χ1n) is 9.40. The maximum Gasteiger partial charge on any atom is 0.313 e. The molecule has 1 heterocycles. The van der Waals surface area contributed by atoms with Crippen molar-refractivity contribution in [3.05, 3.63) is 89.3 Å². The van der Waals surface area contributed by atoms with Crippen molar-refractivity contribution in [3.8, 4) is 0 Å². The molecule has 2 aromatic carbocycles. The van der Waals surface area contributed by atoms with E-state index in [-0.39, 0.29) is 23.2 Å². The molecule has 0 bridgehead atoms. The lowest BCUT2D eigenvalue weighted by Crippen LogP contribution is -2.24. The normalized spacial score (nSPS) is 15.0. The number of esters is 1. The van der Waals surface area contributed by atoms with Crippen molar-refractivity contribution < 1.29 is 17.9 Å². The molecule has 0 N–H and O–H groups in total. The fraction of sp³-hybridized carbons (Fsp3) is 0.261. The van der Waals surface area contributed by atoms with Crippen LogP contribution in [-0.2, 0) is 19.4 Å². The number of benzene rings is 2. The van der Waals surface area contributed by atoms with Crippen molar-refractivity contribution in [2.24, 2.45) is 0 Å². The minimum atomic E-state index is -3.28. The number of carbonyl (C=O) groups excluding carboxylic acids is 1. The summed E-state index contributed by atoms with van der Waals surface area (Å²) in [5.41, 5.74) is 2.95. The van der Waals surface area contributed by atoms with Gasteiger partial charge in [0.05, 0.1) is 11.3 Å². The second-order valence-electron chi connectivity index (χ2n) is 7.24. The maximum absolute atomic E-state index is 12.7. The van der Waals surface area contributed by atoms with Gasteiger partial charge in [-0.1, -0.05) is 48.6 Å². The van der Waals surface area contributed by atoms with E-state index in [1.807, 2.05) is 55.3 Å². The molecule has 0 aromatic heterocycles. The minimum Gasteiger partial charge on any atom is -0.410 e. The number of hydrogen-bond donors (Lipinski definition) is 0. The van der Waals surface area contributed by atoms with E-state index in [1.165, 1.54) is 6.26 Å². The van der Waals surface area contributed by atoms with Crippen LogP contribution < -0.4 is 0 Å². The predicted molar refractivity (Wildman–Crippen MR) is 113 cm³/mol. The van der Waals surface area contributed by atoms with E-state index in [0.717, 1.165) is 16.7 Å². The Labute approximate surface area is 172 Å². The largest absolute Gasteiger partial charge is 0.410 e. The fourth-order valence-corrected chi connectivity index (χ4v) is 3.99. The van der Waals surface area contributed by atoms with Gasteiger partial charge in [-0.2, -0.15) is 0 Å². The second-order valence-corrected chi connectivity index (χ2v) is 9.26. The van der Waals surface area contributed by atoms with Gasteiger partial charge in [0.2, 0.25) is 0 Å². The van der Waals surface area contributed by atoms with Crippen LogP contribution in [0.5, 0.6) is 0 Å². The summed E-state index contributed by atoms with van der Waals surface area (Å²) in [6.45, 7) is 2.69. The monoisotopic (exact) mass is 411 g/mol. The molecular weight excluding hydrogens is 386 g/mol. The number of sulfone groups is 1. The molecule has 29 heavy (non-hydrogen) atoms. The summed E-state index contributed by atoms with van der Waals surface area (Å²) < 4.78 is 29.2. The molecule has 0 aliphatic carbocycles. The highest BCUT2D eigenvalue weighted by molar-refractivity contribution is 7.90. The van der Waals surface area contributed by atoms with Gasteiger partial charge in [0.15, 0.2) is 15.7 Å². The first kappa shape index (κ1) is 20.9. The summed E-state index contributed by atoms with van der Waals surface area (Å²) in [5.74, 6) is -0.0466. The van der Waals surface area contributed by atoms with Gasteiger partial charge in [0.1, 0.15) is 0 Å². The van der Waals surface area contributed by atoms with Crippen molar-refractivity contribution in [2.45, 2.75) is 24.2 Å². The summed E-state index contributed by atoms with van der Waals surface area (Å²) in [6, 6.07) is 14.6. The lowest BCUT2D eigenvalue weighted by atomic mass is 9.86. The molecule has 0 radical (unpaired) electrons. The van der Waals surface area contributed by atoms with Gasteiger partial charge in [0.25, 0.3) is 0 Å². The molecular formula is C23H25NO4S. The van der Waals surface area contributed by atoms with E-state index in [2.05, 4.69) is 0 Å². The molecule has 0 unspecified atom stereocenters. The third kappa shape index (κ3) is 5.15. The van der Waals surface area contributed by atoms with Crippen LogP contribution in [0.4, 0.5) is 0 Å². The molecule has 0 spiro atoms. The van der Waals surface area contributed by atoms with Gasteiger partial charge < -0.3 is 9.64 Å². The Bertz CT molecular complexity index is 1050. The molecule has 6 heteroatoms. The highest BCUT2D eigenvalue weighted by Gasteiger charge is 2.23. The van der Waals surface area contributed by atoms with Crippen LogP contribution in [0.2, 0.25) is 0 Å². The van der Waals surface area contributed by atoms with E-state index in [9.17, 15) is 13.2 Å². The Kier molecular flexibility index (Phi) is 6.23. The second kappa shape index (κ2) is 8.66. The van der Waals surface area contributed by atoms with E-state index in [4.69, 9.17) is 4.74 Å². The van der Waals surface area contributed by atoms with E-state index in [1.54, 1.807) is 30.3 Å². The average Bonchev–Trinajstić information content (AvgIpc) is 2.68. The highest BCUT2D eigenvalue weighted by Crippen LogP contribution is 2.32. The van der Waals surface area contributed by atoms with Gasteiger partial charge >= 0.3 is 5.97 Å². The van der Waals surface area contributed by atoms with Gasteiger partial charge in [-0.05, 0) is 41.8 Å². The summed E-state index contributed by atoms with van der Waals surface area (Å²) in [5, 5.41) is 0. The van der Waals surface area contributed by atoms with Gasteiger partial charge in [-0.25, -0.2) is 8.42 Å². The van der Waals surface area contributed by atoms with Crippen LogP contribution in [-0.4, -0.2) is 39.1 Å². The number of likely N-dealkylation sites (N-methyl/N-ethyl adjacent to an activating group) is 1. The molecule has 5 nitrogen and oxygen atoms in total. The Morgan fingerprint density at radius 2 is 1.83 bits per heavy atom. The topological polar surface area (TPSA) is 63.7 Å². The molecule has 152 valence electrons. The Balaban J connectivity index is 1.90. The standard InChI is InChI=1S/C23H25NO4S/c1-17-8-4-5-9-20(17)21(18-11-13-19(14-12-18)29(3,26)27)16-23(25)28-22-10-6-7-15-24(22)2/h4-14,21H,15-16H2,1-3H3/t21-/m1/s1. The predicted octanol–water partition coefficient (Wildman–Crippen LogP) is 3.81. The average molecular weight is 412 g/mol. The molecule has 2 aromatic rings. The van der Waals surface area contributed by atoms with Gasteiger partial charge in [-0.15, -0.1) is 0 Å². The Hall–Kier alpha value is -2.86. The van der Waals surface area contributed by atoms with Crippen LogP contribution >= 0.6 is 0 Å². The maximum atomic E-state index is 12.7. The quantitative estimate of drug-likeness (QED) is 0.677. The Morgan fingerprint density at radius 1 is 1.14 bits per heavy atom. The number of allylic oxidation sites excluding steroid dienone is 2. The lowest BCUT2D eigenvalue weighted by molar-refractivity contribution is -0.141. The molecule has 1 aliphatic heterocycles. The van der Waals surface area contributed by atoms with Crippen LogP contribution in [0.15, 0.2) is 77.5 Å². The summed E-state index contributed by atoms with van der Waals surface area (Å²) in [6.07, 6.45) is 6.95. The number of aryl methyl sites for hydroxylation is 1. The van der Waals surface area contributed by atoms with Crippen LogP contribution in [0, 0.1) is 6.92 Å². The van der Waals surface area contributed by atoms with Crippen LogP contribution in [0.1, 0.15) is 29.0 Å². The molecule has 3 rings (SSSR count). The van der Waals surface area contributed by atoms with Gasteiger partial charge in [-0.3, -0.25) is 4.79 Å². The van der Waals surface area contributed by atoms with Crippen molar-refractivity contribution >= 4 is 15.8 Å². The number of hydrogen-bond acceptors (Lipinski definition) is 5. The van der Waals surface area contributed by atoms with E-state index < -0.39 is 9.84 Å². The third-order valence-corrected chi connectivity index (χ3v) is 6.12. The smallest absolute Gasteiger partial charge is 0.313 e. The number of ether oxygens (including phenoxy) is 1. The Morgan fingerprint density at radius 3 is 2.45 bits per heavy atom. The summed E-state index contributed by atoms with van der Waals surface area (Å²) >= 11 is 0. The molecule has 1 atom stereocenters. The van der Waals surface area contributed by atoms with Crippen LogP contribution in [0.3, 0.4) is 0 Å². The molecule has 1 aliphatic rings. The van der Waals surface area contributed by atoms with E-state index >= 15 is 0 Å². The van der Waals surface area contributed by atoms with E-state index in [0.29, 0.717) is 12.4 Å². The summed E-state index contributed by atoms with van der Waals surface area (Å²) in [4.78, 5) is 14.9. The SMILES string of the molecule is Cc1ccccc1[C@H](CC(=O)OC1=CC=CCN1C)c1ccc(S(C)(=O)=O)cc1. The third-order valence-electron chi connectivity index (χ3n) is 4.99. The number of carbonyl (C=O) groups is 1. The fourth-order valence-electron chi connectivity index (χ4n) is 3.36. The molecule has 0 saturated carbocycles. The van der Waals surface area contributed by atoms with Crippen molar-refractivity contribution in [3.63, 3.8) is 0 Å². The highest BCUT2D eigenvalue weighted by atomic mass is 32.2. The molecule has 0 fully saturated rings. The van der Waals surface area contributed by atoms with Crippen molar-refractivity contribution in [1.29, 1.82) is 0 Å².